The fourth-order valence-corrected chi connectivity index (χ4v) is 6.61. The first-order valence-electron chi connectivity index (χ1n) is 14.9. The van der Waals surface area contributed by atoms with E-state index in [9.17, 15) is 0 Å². The van der Waals surface area contributed by atoms with Crippen LogP contribution in [0.4, 0.5) is 17.1 Å². The standard InChI is InChI=1S/C41H26N2O/c1-2-9-27(10-3-1)28-16-19-30(20-17-28)43(31-21-23-39-37(25-31)41-40(44-39)15-8-24-42-41)38-26-36-32-12-5-4-11-29(32)18-22-34(36)33-13-6-7-14-35(33)38/h1-26H. The number of nitrogens with zero attached hydrogens (tertiary/aromatic N) is 2. The van der Waals surface area contributed by atoms with Gasteiger partial charge in [-0.3, -0.25) is 4.98 Å². The summed E-state index contributed by atoms with van der Waals surface area (Å²) in [7, 11) is 0. The molecular formula is C41H26N2O. The second-order valence-corrected chi connectivity index (χ2v) is 11.2. The number of benzene rings is 7. The van der Waals surface area contributed by atoms with Crippen LogP contribution in [0.2, 0.25) is 0 Å². The zero-order valence-corrected chi connectivity index (χ0v) is 23.8. The largest absolute Gasteiger partial charge is 0.454 e. The summed E-state index contributed by atoms with van der Waals surface area (Å²) >= 11 is 0. The first-order chi connectivity index (χ1) is 21.8. The molecule has 0 atom stereocenters. The minimum atomic E-state index is 0.793. The Balaban J connectivity index is 1.34. The van der Waals surface area contributed by atoms with Crippen molar-refractivity contribution in [1.82, 2.24) is 4.98 Å². The maximum absolute atomic E-state index is 6.16. The molecule has 0 saturated carbocycles. The van der Waals surface area contributed by atoms with Gasteiger partial charge in [-0.05, 0) is 86.6 Å². The van der Waals surface area contributed by atoms with E-state index in [1.807, 2.05) is 18.3 Å². The van der Waals surface area contributed by atoms with E-state index in [-0.39, 0.29) is 0 Å². The van der Waals surface area contributed by atoms with Crippen LogP contribution in [0.15, 0.2) is 162 Å². The second-order valence-electron chi connectivity index (χ2n) is 11.2. The number of furan rings is 1. The first kappa shape index (κ1) is 24.6. The van der Waals surface area contributed by atoms with Gasteiger partial charge in [-0.2, -0.15) is 0 Å². The lowest BCUT2D eigenvalue weighted by Crippen LogP contribution is -2.10. The van der Waals surface area contributed by atoms with Crippen LogP contribution in [-0.2, 0) is 0 Å². The molecule has 7 aromatic carbocycles. The Morgan fingerprint density at radius 1 is 0.432 bits per heavy atom. The highest BCUT2D eigenvalue weighted by Gasteiger charge is 2.20. The van der Waals surface area contributed by atoms with Crippen molar-refractivity contribution in [3.8, 4) is 11.1 Å². The number of hydrogen-bond acceptors (Lipinski definition) is 3. The van der Waals surface area contributed by atoms with E-state index in [4.69, 9.17) is 4.42 Å². The zero-order valence-electron chi connectivity index (χ0n) is 23.8. The molecule has 0 spiro atoms. The van der Waals surface area contributed by atoms with Crippen LogP contribution in [0.25, 0.3) is 65.5 Å². The monoisotopic (exact) mass is 562 g/mol. The molecule has 44 heavy (non-hydrogen) atoms. The van der Waals surface area contributed by atoms with E-state index in [1.165, 1.54) is 43.4 Å². The van der Waals surface area contributed by atoms with Crippen LogP contribution in [-0.4, -0.2) is 4.98 Å². The number of anilines is 3. The van der Waals surface area contributed by atoms with Gasteiger partial charge in [-0.1, -0.05) is 103 Å². The van der Waals surface area contributed by atoms with Crippen molar-refractivity contribution in [2.45, 2.75) is 0 Å². The van der Waals surface area contributed by atoms with E-state index in [1.54, 1.807) is 0 Å². The van der Waals surface area contributed by atoms with E-state index in [0.717, 1.165) is 39.1 Å². The van der Waals surface area contributed by atoms with Gasteiger partial charge in [0.05, 0.1) is 5.69 Å². The molecule has 0 aliphatic rings. The molecule has 9 rings (SSSR count). The van der Waals surface area contributed by atoms with Crippen molar-refractivity contribution in [3.63, 3.8) is 0 Å². The quantitative estimate of drug-likeness (QED) is 0.200. The molecule has 0 saturated heterocycles. The lowest BCUT2D eigenvalue weighted by molar-refractivity contribution is 0.668. The van der Waals surface area contributed by atoms with Gasteiger partial charge in [0.2, 0.25) is 0 Å². The SMILES string of the molecule is c1ccc(-c2ccc(N(c3ccc4oc5cccnc5c4c3)c3cc4c5ccccc5ccc4c4ccccc34)cc2)cc1. The van der Waals surface area contributed by atoms with Gasteiger partial charge in [-0.15, -0.1) is 0 Å². The Bertz CT molecular complexity index is 2490. The highest BCUT2D eigenvalue weighted by molar-refractivity contribution is 6.21. The Morgan fingerprint density at radius 2 is 1.14 bits per heavy atom. The van der Waals surface area contributed by atoms with Crippen molar-refractivity contribution in [2.75, 3.05) is 4.90 Å². The van der Waals surface area contributed by atoms with Crippen LogP contribution in [0.5, 0.6) is 0 Å². The molecule has 9 aromatic rings. The van der Waals surface area contributed by atoms with Crippen LogP contribution < -0.4 is 4.90 Å². The summed E-state index contributed by atoms with van der Waals surface area (Å²) in [5, 5.41) is 8.39. The highest BCUT2D eigenvalue weighted by atomic mass is 16.3. The fraction of sp³-hybridized carbons (Fsp3) is 0. The predicted octanol–water partition coefficient (Wildman–Crippen LogP) is 11.6. The molecule has 0 aliphatic heterocycles. The van der Waals surface area contributed by atoms with Gasteiger partial charge in [0.1, 0.15) is 11.1 Å². The second kappa shape index (κ2) is 9.82. The number of aromatic nitrogens is 1. The summed E-state index contributed by atoms with van der Waals surface area (Å²) in [6.07, 6.45) is 1.83. The predicted molar refractivity (Wildman–Crippen MR) is 184 cm³/mol. The molecule has 0 unspecified atom stereocenters. The van der Waals surface area contributed by atoms with E-state index in [0.29, 0.717) is 0 Å². The molecule has 3 heteroatoms. The van der Waals surface area contributed by atoms with Crippen LogP contribution in [0.1, 0.15) is 0 Å². The van der Waals surface area contributed by atoms with Gasteiger partial charge in [0.15, 0.2) is 5.58 Å². The summed E-state index contributed by atoms with van der Waals surface area (Å²) in [5.41, 5.74) is 8.12. The Morgan fingerprint density at radius 3 is 2.00 bits per heavy atom. The fourth-order valence-electron chi connectivity index (χ4n) is 6.61. The number of hydrogen-bond donors (Lipinski definition) is 0. The van der Waals surface area contributed by atoms with Crippen molar-refractivity contribution < 1.29 is 4.42 Å². The maximum Gasteiger partial charge on any atom is 0.153 e. The average molecular weight is 563 g/mol. The molecule has 0 amide bonds. The molecule has 0 N–H and O–H groups in total. The van der Waals surface area contributed by atoms with Gasteiger partial charge >= 0.3 is 0 Å². The minimum Gasteiger partial charge on any atom is -0.454 e. The van der Waals surface area contributed by atoms with Crippen molar-refractivity contribution >= 4 is 71.4 Å². The van der Waals surface area contributed by atoms with Gasteiger partial charge in [-0.25, -0.2) is 0 Å². The molecule has 2 aromatic heterocycles. The van der Waals surface area contributed by atoms with E-state index < -0.39 is 0 Å². The Labute approximate surface area is 254 Å². The summed E-state index contributed by atoms with van der Waals surface area (Å²) in [5.74, 6) is 0. The topological polar surface area (TPSA) is 29.3 Å². The maximum atomic E-state index is 6.16. The van der Waals surface area contributed by atoms with Crippen LogP contribution >= 0.6 is 0 Å². The number of fused-ring (bicyclic) bond motifs is 8. The molecule has 0 radical (unpaired) electrons. The van der Waals surface area contributed by atoms with Crippen LogP contribution in [0, 0.1) is 0 Å². The molecule has 3 nitrogen and oxygen atoms in total. The molecular weight excluding hydrogens is 536 g/mol. The molecule has 0 aliphatic carbocycles. The Kier molecular flexibility index (Phi) is 5.50. The van der Waals surface area contributed by atoms with E-state index in [2.05, 4.69) is 149 Å². The normalized spacial score (nSPS) is 11.6. The average Bonchev–Trinajstić information content (AvgIpc) is 3.47. The third-order valence-electron chi connectivity index (χ3n) is 8.69. The lowest BCUT2D eigenvalue weighted by Gasteiger charge is -2.28. The van der Waals surface area contributed by atoms with Gasteiger partial charge < -0.3 is 9.32 Å². The molecule has 0 bridgehead atoms. The molecule has 2 heterocycles. The zero-order chi connectivity index (χ0) is 29.0. The van der Waals surface area contributed by atoms with Crippen molar-refractivity contribution in [1.29, 1.82) is 0 Å². The highest BCUT2D eigenvalue weighted by Crippen LogP contribution is 2.45. The minimum absolute atomic E-state index is 0.793. The van der Waals surface area contributed by atoms with E-state index >= 15 is 0 Å². The summed E-state index contributed by atoms with van der Waals surface area (Å²) < 4.78 is 6.16. The lowest BCUT2D eigenvalue weighted by atomic mass is 9.95. The van der Waals surface area contributed by atoms with Crippen molar-refractivity contribution in [3.05, 3.63) is 158 Å². The molecule has 0 fully saturated rings. The third kappa shape index (κ3) is 3.87. The third-order valence-corrected chi connectivity index (χ3v) is 8.69. The van der Waals surface area contributed by atoms with Gasteiger partial charge in [0.25, 0.3) is 0 Å². The summed E-state index contributed by atoms with van der Waals surface area (Å²) in [4.78, 5) is 7.05. The van der Waals surface area contributed by atoms with Gasteiger partial charge in [0, 0.05) is 28.3 Å². The van der Waals surface area contributed by atoms with Crippen LogP contribution in [0.3, 0.4) is 0 Å². The molecule has 206 valence electrons. The Hall–Kier alpha value is -5.93. The first-order valence-corrected chi connectivity index (χ1v) is 14.9. The smallest absolute Gasteiger partial charge is 0.153 e. The summed E-state index contributed by atoms with van der Waals surface area (Å²) in [6, 6.07) is 54.0. The van der Waals surface area contributed by atoms with Crippen molar-refractivity contribution in [2.24, 2.45) is 0 Å². The number of rotatable bonds is 4. The number of pyridine rings is 1. The summed E-state index contributed by atoms with van der Waals surface area (Å²) in [6.45, 7) is 0.